The lowest BCUT2D eigenvalue weighted by Gasteiger charge is -2.29. The van der Waals surface area contributed by atoms with E-state index in [9.17, 15) is 0 Å². The maximum atomic E-state index is 5.98. The minimum absolute atomic E-state index is 0.0260. The highest BCUT2D eigenvalue weighted by Crippen LogP contribution is 2.25. The summed E-state index contributed by atoms with van der Waals surface area (Å²) in [4.78, 5) is 5.31. The zero-order valence-electron chi connectivity index (χ0n) is 12.0. The van der Waals surface area contributed by atoms with Gasteiger partial charge < -0.3 is 9.80 Å². The van der Waals surface area contributed by atoms with E-state index in [2.05, 4.69) is 29.0 Å². The Morgan fingerprint density at radius 1 is 1.33 bits per heavy atom. The van der Waals surface area contributed by atoms with Gasteiger partial charge in [0, 0.05) is 24.9 Å². The van der Waals surface area contributed by atoms with Crippen molar-refractivity contribution in [1.29, 1.82) is 0 Å². The van der Waals surface area contributed by atoms with Gasteiger partial charge in [-0.05, 0) is 58.7 Å². The highest BCUT2D eigenvalue weighted by atomic mass is 32.2. The molecule has 2 heterocycles. The number of likely N-dealkylation sites (tertiary alicyclic amines) is 2. The van der Waals surface area contributed by atoms with Gasteiger partial charge in [0.05, 0.1) is 0 Å². The summed E-state index contributed by atoms with van der Waals surface area (Å²) in [5.41, 5.74) is 0. The molecule has 3 nitrogen and oxygen atoms in total. The SMILES string of the molecule is C/C=S(/N)CCN1CC[C@H]([C@@H](C)N2CCCC2)C1. The van der Waals surface area contributed by atoms with Gasteiger partial charge in [-0.25, -0.2) is 0 Å². The molecule has 18 heavy (non-hydrogen) atoms. The molecule has 0 spiro atoms. The molecule has 2 rings (SSSR count). The van der Waals surface area contributed by atoms with Crippen LogP contribution in [-0.2, 0) is 0 Å². The first kappa shape index (κ1) is 14.5. The van der Waals surface area contributed by atoms with Gasteiger partial charge in [0.2, 0.25) is 0 Å². The van der Waals surface area contributed by atoms with Crippen LogP contribution < -0.4 is 5.14 Å². The normalized spacial score (nSPS) is 30.1. The van der Waals surface area contributed by atoms with Gasteiger partial charge in [0.25, 0.3) is 0 Å². The molecule has 0 aliphatic carbocycles. The van der Waals surface area contributed by atoms with E-state index in [1.165, 1.54) is 52.0 Å². The van der Waals surface area contributed by atoms with E-state index < -0.39 is 0 Å². The van der Waals surface area contributed by atoms with Crippen molar-refractivity contribution >= 4 is 16.0 Å². The van der Waals surface area contributed by atoms with E-state index in [-0.39, 0.29) is 10.7 Å². The van der Waals surface area contributed by atoms with Gasteiger partial charge in [0.1, 0.15) is 0 Å². The summed E-state index contributed by atoms with van der Waals surface area (Å²) in [5.74, 6) is 2.02. The molecule has 2 saturated heterocycles. The Hall–Kier alpha value is 0.1000. The van der Waals surface area contributed by atoms with Crippen molar-refractivity contribution in [3.63, 3.8) is 0 Å². The Morgan fingerprint density at radius 2 is 2.06 bits per heavy atom. The maximum absolute atomic E-state index is 5.98. The topological polar surface area (TPSA) is 32.5 Å². The van der Waals surface area contributed by atoms with Crippen molar-refractivity contribution in [2.45, 2.75) is 39.2 Å². The van der Waals surface area contributed by atoms with Crippen molar-refractivity contribution in [2.24, 2.45) is 11.1 Å². The number of hydrogen-bond donors (Lipinski definition) is 1. The molecule has 4 heteroatoms. The van der Waals surface area contributed by atoms with E-state index in [0.717, 1.165) is 17.7 Å². The van der Waals surface area contributed by atoms with Crippen LogP contribution in [0.4, 0.5) is 0 Å². The van der Waals surface area contributed by atoms with E-state index in [1.54, 1.807) is 0 Å². The van der Waals surface area contributed by atoms with Crippen LogP contribution >= 0.6 is 10.7 Å². The van der Waals surface area contributed by atoms with Crippen LogP contribution in [0.1, 0.15) is 33.1 Å². The molecule has 0 amide bonds. The summed E-state index contributed by atoms with van der Waals surface area (Å²) in [6.07, 6.45) is 4.19. The smallest absolute Gasteiger partial charge is 0.0138 e. The van der Waals surface area contributed by atoms with Crippen molar-refractivity contribution in [3.8, 4) is 0 Å². The monoisotopic (exact) mass is 271 g/mol. The Kier molecular flexibility index (Phi) is 5.67. The van der Waals surface area contributed by atoms with Crippen LogP contribution in [0.15, 0.2) is 0 Å². The van der Waals surface area contributed by atoms with E-state index in [1.807, 2.05) is 0 Å². The average molecular weight is 271 g/mol. The molecule has 2 aliphatic heterocycles. The fourth-order valence-corrected chi connectivity index (χ4v) is 3.96. The zero-order valence-corrected chi connectivity index (χ0v) is 12.8. The fourth-order valence-electron chi connectivity index (χ4n) is 3.26. The Bertz CT molecular complexity index is 287. The maximum Gasteiger partial charge on any atom is 0.0138 e. The van der Waals surface area contributed by atoms with Crippen LogP contribution in [-0.4, -0.2) is 59.7 Å². The standard InChI is InChI=1S/C14H29N3S/c1-3-18(15)11-10-16-9-6-14(12-16)13(2)17-7-4-5-8-17/h3,13-14H,4-12,15H2,1-2H3/t13-,14+,18?/m1/s1. The van der Waals surface area contributed by atoms with E-state index in [0.29, 0.717) is 0 Å². The summed E-state index contributed by atoms with van der Waals surface area (Å²) < 4.78 is 0. The predicted molar refractivity (Wildman–Crippen MR) is 83.2 cm³/mol. The molecule has 0 radical (unpaired) electrons. The zero-order chi connectivity index (χ0) is 13.0. The quantitative estimate of drug-likeness (QED) is 0.773. The molecule has 0 saturated carbocycles. The molecule has 2 aliphatic rings. The number of rotatable bonds is 5. The molecule has 3 atom stereocenters. The van der Waals surface area contributed by atoms with Gasteiger partial charge in [-0.3, -0.25) is 5.14 Å². The van der Waals surface area contributed by atoms with Crippen molar-refractivity contribution in [2.75, 3.05) is 38.5 Å². The average Bonchev–Trinajstić information content (AvgIpc) is 3.05. The fraction of sp³-hybridized carbons (Fsp3) is 0.929. The second-order valence-electron chi connectivity index (χ2n) is 5.74. The second-order valence-corrected chi connectivity index (χ2v) is 7.56. The number of nitrogens with zero attached hydrogens (tertiary/aromatic N) is 2. The summed E-state index contributed by atoms with van der Waals surface area (Å²) in [5, 5.41) is 8.12. The lowest BCUT2D eigenvalue weighted by Crippen LogP contribution is -2.38. The minimum atomic E-state index is 0.0260. The predicted octanol–water partition coefficient (Wildman–Crippen LogP) is 1.76. The summed E-state index contributed by atoms with van der Waals surface area (Å²) in [7, 11) is 0.0260. The highest BCUT2D eigenvalue weighted by Gasteiger charge is 2.30. The first-order chi connectivity index (χ1) is 8.70. The third-order valence-corrected chi connectivity index (χ3v) is 5.91. The van der Waals surface area contributed by atoms with Gasteiger partial charge in [-0.2, -0.15) is 0 Å². The van der Waals surface area contributed by atoms with Crippen molar-refractivity contribution < 1.29 is 0 Å². The van der Waals surface area contributed by atoms with E-state index >= 15 is 0 Å². The first-order valence-electron chi connectivity index (χ1n) is 7.40. The molecule has 0 bridgehead atoms. The third kappa shape index (κ3) is 3.80. The molecule has 2 fully saturated rings. The summed E-state index contributed by atoms with van der Waals surface area (Å²) >= 11 is 0. The lowest BCUT2D eigenvalue weighted by molar-refractivity contribution is 0.188. The molecule has 1 unspecified atom stereocenters. The second kappa shape index (κ2) is 7.04. The van der Waals surface area contributed by atoms with Crippen LogP contribution in [0, 0.1) is 5.92 Å². The van der Waals surface area contributed by atoms with Gasteiger partial charge >= 0.3 is 0 Å². The molecule has 106 valence electrons. The first-order valence-corrected chi connectivity index (χ1v) is 8.92. The molecular formula is C14H29N3S. The highest BCUT2D eigenvalue weighted by molar-refractivity contribution is 8.13. The van der Waals surface area contributed by atoms with Gasteiger partial charge in [-0.1, -0.05) is 5.37 Å². The molecule has 0 aromatic carbocycles. The van der Waals surface area contributed by atoms with Crippen LogP contribution in [0.5, 0.6) is 0 Å². The third-order valence-electron chi connectivity index (χ3n) is 4.65. The van der Waals surface area contributed by atoms with Crippen LogP contribution in [0.25, 0.3) is 0 Å². The Morgan fingerprint density at radius 3 is 2.72 bits per heavy atom. The summed E-state index contributed by atoms with van der Waals surface area (Å²) in [6, 6.07) is 0.784. The largest absolute Gasteiger partial charge is 0.302 e. The Labute approximate surface area is 115 Å². The van der Waals surface area contributed by atoms with E-state index in [4.69, 9.17) is 5.14 Å². The lowest BCUT2D eigenvalue weighted by atomic mass is 9.99. The molecule has 0 aromatic rings. The van der Waals surface area contributed by atoms with Crippen LogP contribution in [0.2, 0.25) is 0 Å². The number of nitrogens with two attached hydrogens (primary N) is 1. The van der Waals surface area contributed by atoms with Crippen molar-refractivity contribution in [1.82, 2.24) is 9.80 Å². The van der Waals surface area contributed by atoms with Gasteiger partial charge in [-0.15, -0.1) is 10.7 Å². The molecule has 0 aromatic heterocycles. The Balaban J connectivity index is 1.73. The minimum Gasteiger partial charge on any atom is -0.302 e. The van der Waals surface area contributed by atoms with Crippen LogP contribution in [0.3, 0.4) is 0 Å². The number of hydrogen-bond acceptors (Lipinski definition) is 3. The molecule has 2 N–H and O–H groups in total. The summed E-state index contributed by atoms with van der Waals surface area (Å²) in [6.45, 7) is 10.9. The van der Waals surface area contributed by atoms with Gasteiger partial charge in [0.15, 0.2) is 0 Å². The molecular weight excluding hydrogens is 242 g/mol. The van der Waals surface area contributed by atoms with Crippen molar-refractivity contribution in [3.05, 3.63) is 0 Å².